The molecule has 29 heavy (non-hydrogen) atoms. The molecule has 164 valence electrons. The number of carbonyl (C=O) groups excluding carboxylic acids is 1. The number of allylic oxidation sites excluding steroid dienone is 4. The van der Waals surface area contributed by atoms with Gasteiger partial charge in [-0.1, -0.05) is 19.8 Å². The number of rotatable bonds is 5. The van der Waals surface area contributed by atoms with E-state index in [0.717, 1.165) is 30.9 Å². The molecule has 0 spiro atoms. The molecule has 7 heteroatoms. The molecule has 2 fully saturated rings. The Kier molecular flexibility index (Phi) is 6.64. The summed E-state index contributed by atoms with van der Waals surface area (Å²) in [6.07, 6.45) is 9.21. The van der Waals surface area contributed by atoms with Gasteiger partial charge < -0.3 is 9.47 Å². The third kappa shape index (κ3) is 4.48. The quantitative estimate of drug-likeness (QED) is 0.391. The van der Waals surface area contributed by atoms with Crippen molar-refractivity contribution in [3.05, 3.63) is 23.7 Å². The van der Waals surface area contributed by atoms with Crippen LogP contribution in [0.4, 0.5) is 17.6 Å². The SMILES string of the molecule is CCOC1=CC=C(OC(=O)C2CCC(C3CCC(C)CC3)CC2)C(F)(F)C1(F)F. The first-order valence-electron chi connectivity index (χ1n) is 10.7. The van der Waals surface area contributed by atoms with E-state index in [-0.39, 0.29) is 6.61 Å². The predicted molar refractivity (Wildman–Crippen MR) is 100 cm³/mol. The summed E-state index contributed by atoms with van der Waals surface area (Å²) in [5.74, 6) is -10.9. The van der Waals surface area contributed by atoms with Crippen molar-refractivity contribution in [3.8, 4) is 0 Å². The standard InChI is InChI=1S/C22H30F4O3/c1-3-28-18-12-13-19(22(25,26)21(18,23)24)29-20(27)17-10-8-16(9-11-17)15-6-4-14(2)5-7-15/h12-17H,3-11H2,1-2H3. The van der Waals surface area contributed by atoms with Gasteiger partial charge in [0.2, 0.25) is 0 Å². The van der Waals surface area contributed by atoms with Crippen molar-refractivity contribution in [2.45, 2.75) is 77.1 Å². The maximum atomic E-state index is 14.3. The van der Waals surface area contributed by atoms with E-state index in [1.54, 1.807) is 0 Å². The Bertz CT molecular complexity index is 655. The Balaban J connectivity index is 1.58. The van der Waals surface area contributed by atoms with Crippen LogP contribution in [0.2, 0.25) is 0 Å². The summed E-state index contributed by atoms with van der Waals surface area (Å²) < 4.78 is 66.1. The highest BCUT2D eigenvalue weighted by Crippen LogP contribution is 2.48. The Morgan fingerprint density at radius 2 is 1.38 bits per heavy atom. The fourth-order valence-corrected chi connectivity index (χ4v) is 4.84. The average Bonchev–Trinajstić information content (AvgIpc) is 2.69. The number of ether oxygens (including phenoxy) is 2. The van der Waals surface area contributed by atoms with Crippen molar-refractivity contribution in [2.75, 3.05) is 6.61 Å². The van der Waals surface area contributed by atoms with Gasteiger partial charge in [-0.3, -0.25) is 4.79 Å². The topological polar surface area (TPSA) is 35.5 Å². The van der Waals surface area contributed by atoms with E-state index in [1.165, 1.54) is 32.6 Å². The average molecular weight is 418 g/mol. The molecule has 3 aliphatic carbocycles. The number of hydrogen-bond donors (Lipinski definition) is 0. The third-order valence-corrected chi connectivity index (χ3v) is 6.74. The molecular weight excluding hydrogens is 388 g/mol. The van der Waals surface area contributed by atoms with E-state index in [9.17, 15) is 22.4 Å². The smallest absolute Gasteiger partial charge is 0.374 e. The van der Waals surface area contributed by atoms with Crippen molar-refractivity contribution in [3.63, 3.8) is 0 Å². The van der Waals surface area contributed by atoms with Crippen LogP contribution in [0.5, 0.6) is 0 Å². The van der Waals surface area contributed by atoms with E-state index in [0.29, 0.717) is 24.7 Å². The van der Waals surface area contributed by atoms with E-state index in [4.69, 9.17) is 4.74 Å². The highest BCUT2D eigenvalue weighted by Gasteiger charge is 2.65. The van der Waals surface area contributed by atoms with Crippen LogP contribution in [0.25, 0.3) is 0 Å². The zero-order chi connectivity index (χ0) is 21.2. The highest BCUT2D eigenvalue weighted by molar-refractivity contribution is 5.74. The van der Waals surface area contributed by atoms with Crippen LogP contribution in [0.1, 0.15) is 65.2 Å². The molecular formula is C22H30F4O3. The molecule has 0 radical (unpaired) electrons. The summed E-state index contributed by atoms with van der Waals surface area (Å²) in [5, 5.41) is 0. The van der Waals surface area contributed by atoms with Crippen LogP contribution in [0.15, 0.2) is 23.7 Å². The number of hydrogen-bond acceptors (Lipinski definition) is 3. The molecule has 0 aromatic heterocycles. The lowest BCUT2D eigenvalue weighted by atomic mass is 9.69. The van der Waals surface area contributed by atoms with Gasteiger partial charge in [0, 0.05) is 0 Å². The Morgan fingerprint density at radius 1 is 0.897 bits per heavy atom. The largest absolute Gasteiger partial charge is 0.492 e. The number of alkyl halides is 4. The first-order chi connectivity index (χ1) is 13.7. The zero-order valence-electron chi connectivity index (χ0n) is 17.1. The van der Waals surface area contributed by atoms with Gasteiger partial charge in [-0.2, -0.15) is 17.6 Å². The monoisotopic (exact) mass is 418 g/mol. The molecule has 2 saturated carbocycles. The van der Waals surface area contributed by atoms with Crippen LogP contribution in [-0.4, -0.2) is 24.4 Å². The summed E-state index contributed by atoms with van der Waals surface area (Å²) in [7, 11) is 0. The van der Waals surface area contributed by atoms with Crippen molar-refractivity contribution >= 4 is 5.97 Å². The number of carbonyl (C=O) groups is 1. The Labute approximate surface area is 169 Å². The molecule has 0 atom stereocenters. The van der Waals surface area contributed by atoms with Gasteiger partial charge in [0.25, 0.3) is 0 Å². The van der Waals surface area contributed by atoms with Crippen LogP contribution < -0.4 is 0 Å². The second-order valence-corrected chi connectivity index (χ2v) is 8.70. The number of esters is 1. The summed E-state index contributed by atoms with van der Waals surface area (Å²) in [6, 6.07) is 0. The van der Waals surface area contributed by atoms with E-state index < -0.39 is 35.3 Å². The normalized spacial score (nSPS) is 34.0. The first-order valence-corrected chi connectivity index (χ1v) is 10.7. The van der Waals surface area contributed by atoms with Crippen molar-refractivity contribution < 1.29 is 31.8 Å². The zero-order valence-corrected chi connectivity index (χ0v) is 17.1. The van der Waals surface area contributed by atoms with Crippen molar-refractivity contribution in [2.24, 2.45) is 23.7 Å². The van der Waals surface area contributed by atoms with Crippen LogP contribution in [0, 0.1) is 23.7 Å². The molecule has 0 amide bonds. The van der Waals surface area contributed by atoms with Gasteiger partial charge in [0.05, 0.1) is 12.5 Å². The molecule has 3 nitrogen and oxygen atoms in total. The van der Waals surface area contributed by atoms with Gasteiger partial charge in [0.15, 0.2) is 11.5 Å². The van der Waals surface area contributed by atoms with Gasteiger partial charge in [-0.15, -0.1) is 0 Å². The lowest BCUT2D eigenvalue weighted by molar-refractivity contribution is -0.206. The van der Waals surface area contributed by atoms with Crippen molar-refractivity contribution in [1.82, 2.24) is 0 Å². The molecule has 3 rings (SSSR count). The second-order valence-electron chi connectivity index (χ2n) is 8.70. The van der Waals surface area contributed by atoms with Gasteiger partial charge >= 0.3 is 17.8 Å². The van der Waals surface area contributed by atoms with Crippen molar-refractivity contribution in [1.29, 1.82) is 0 Å². The van der Waals surface area contributed by atoms with Gasteiger partial charge in [-0.05, 0) is 75.4 Å². The predicted octanol–water partition coefficient (Wildman–Crippen LogP) is 6.25. The second kappa shape index (κ2) is 8.68. The highest BCUT2D eigenvalue weighted by atomic mass is 19.3. The van der Waals surface area contributed by atoms with Gasteiger partial charge in [-0.25, -0.2) is 0 Å². The lowest BCUT2D eigenvalue weighted by Crippen LogP contribution is -2.47. The Hall–Kier alpha value is -1.53. The number of halogens is 4. The minimum absolute atomic E-state index is 0.163. The summed E-state index contributed by atoms with van der Waals surface area (Å²) in [5.41, 5.74) is 0. The molecule has 0 aromatic carbocycles. The summed E-state index contributed by atoms with van der Waals surface area (Å²) in [6.45, 7) is 3.54. The van der Waals surface area contributed by atoms with Crippen LogP contribution >= 0.6 is 0 Å². The summed E-state index contributed by atoms with van der Waals surface area (Å²) >= 11 is 0. The van der Waals surface area contributed by atoms with E-state index in [1.807, 2.05) is 0 Å². The summed E-state index contributed by atoms with van der Waals surface area (Å²) in [4.78, 5) is 12.4. The first kappa shape index (κ1) is 22.2. The molecule has 0 bridgehead atoms. The van der Waals surface area contributed by atoms with E-state index >= 15 is 0 Å². The van der Waals surface area contributed by atoms with Crippen LogP contribution in [-0.2, 0) is 14.3 Å². The Morgan fingerprint density at radius 3 is 1.93 bits per heavy atom. The molecule has 0 aromatic rings. The fourth-order valence-electron chi connectivity index (χ4n) is 4.84. The maximum Gasteiger partial charge on any atom is 0.374 e. The molecule has 0 saturated heterocycles. The molecule has 0 heterocycles. The lowest BCUT2D eigenvalue weighted by Gasteiger charge is -2.37. The maximum absolute atomic E-state index is 14.3. The fraction of sp³-hybridized carbons (Fsp3) is 0.773. The third-order valence-electron chi connectivity index (χ3n) is 6.74. The molecule has 0 N–H and O–H groups in total. The van der Waals surface area contributed by atoms with E-state index in [2.05, 4.69) is 11.7 Å². The molecule has 0 unspecified atom stereocenters. The van der Waals surface area contributed by atoms with Crippen LogP contribution in [0.3, 0.4) is 0 Å². The molecule has 0 aliphatic heterocycles. The van der Waals surface area contributed by atoms with Gasteiger partial charge in [0.1, 0.15) is 0 Å². The minimum atomic E-state index is -4.63. The molecule has 3 aliphatic rings. The minimum Gasteiger partial charge on any atom is -0.492 e.